The number of nitrogens with zero attached hydrogens (tertiary/aromatic N) is 1. The Kier molecular flexibility index (Phi) is 7.88. The van der Waals surface area contributed by atoms with Crippen molar-refractivity contribution in [3.05, 3.63) is 70.8 Å². The minimum atomic E-state index is -0.426. The van der Waals surface area contributed by atoms with Crippen LogP contribution in [0.3, 0.4) is 0 Å². The van der Waals surface area contributed by atoms with Gasteiger partial charge in [0.25, 0.3) is 0 Å². The molecule has 1 aliphatic heterocycles. The molecule has 1 amide bonds. The zero-order valence-electron chi connectivity index (χ0n) is 15.5. The zero-order valence-corrected chi connectivity index (χ0v) is 15.5. The summed E-state index contributed by atoms with van der Waals surface area (Å²) in [5.74, 6) is 5.81. The Morgan fingerprint density at radius 3 is 1.96 bits per heavy atom. The highest BCUT2D eigenvalue weighted by atomic mass is 16.5. The average Bonchev–Trinajstić information content (AvgIpc) is 2.70. The van der Waals surface area contributed by atoms with Crippen LogP contribution in [0.2, 0.25) is 0 Å². The van der Waals surface area contributed by atoms with Crippen LogP contribution in [0.1, 0.15) is 40.9 Å². The quantitative estimate of drug-likeness (QED) is 0.866. The van der Waals surface area contributed by atoms with Crippen LogP contribution in [0.25, 0.3) is 0 Å². The second kappa shape index (κ2) is 10.4. The van der Waals surface area contributed by atoms with Gasteiger partial charge >= 0.3 is 0 Å². The van der Waals surface area contributed by atoms with Gasteiger partial charge in [-0.1, -0.05) is 37.8 Å². The lowest BCUT2D eigenvalue weighted by atomic mass is 10.1. The maximum absolute atomic E-state index is 11.0. The molecule has 0 bridgehead atoms. The molecule has 0 radical (unpaired) electrons. The fraction of sp³-hybridized carbons (Fsp3) is 0.318. The van der Waals surface area contributed by atoms with E-state index in [1.807, 2.05) is 26.0 Å². The van der Waals surface area contributed by atoms with Gasteiger partial charge in [0.1, 0.15) is 0 Å². The summed E-state index contributed by atoms with van der Waals surface area (Å²) in [6, 6.07) is 15.3. The van der Waals surface area contributed by atoms with Gasteiger partial charge in [0.05, 0.1) is 13.2 Å². The van der Waals surface area contributed by atoms with E-state index in [9.17, 15) is 4.79 Å². The van der Waals surface area contributed by atoms with Crippen LogP contribution in [-0.4, -0.2) is 37.1 Å². The van der Waals surface area contributed by atoms with Gasteiger partial charge in [0.2, 0.25) is 5.91 Å². The first-order valence-corrected chi connectivity index (χ1v) is 9.02. The molecule has 4 heteroatoms. The zero-order chi connectivity index (χ0) is 18.8. The molecule has 0 saturated carbocycles. The molecule has 4 nitrogen and oxygen atoms in total. The smallest absolute Gasteiger partial charge is 0.248 e. The molecule has 1 heterocycles. The van der Waals surface area contributed by atoms with Crippen molar-refractivity contribution in [3.8, 4) is 11.8 Å². The van der Waals surface area contributed by atoms with Crippen LogP contribution in [0.15, 0.2) is 48.5 Å². The molecule has 1 fully saturated rings. The summed E-state index contributed by atoms with van der Waals surface area (Å²) in [4.78, 5) is 13.4. The van der Waals surface area contributed by atoms with Crippen molar-refractivity contribution in [2.24, 2.45) is 5.73 Å². The van der Waals surface area contributed by atoms with Gasteiger partial charge in [-0.25, -0.2) is 0 Å². The average molecular weight is 350 g/mol. The van der Waals surface area contributed by atoms with E-state index in [1.165, 1.54) is 5.56 Å². The highest BCUT2D eigenvalue weighted by Crippen LogP contribution is 2.09. The van der Waals surface area contributed by atoms with E-state index in [2.05, 4.69) is 28.9 Å². The molecule has 2 N–H and O–H groups in total. The summed E-state index contributed by atoms with van der Waals surface area (Å²) < 4.78 is 5.37. The van der Waals surface area contributed by atoms with Gasteiger partial charge in [-0.15, -0.1) is 0 Å². The molecule has 26 heavy (non-hydrogen) atoms. The maximum atomic E-state index is 11.0. The first-order valence-electron chi connectivity index (χ1n) is 9.02. The molecule has 0 aromatic heterocycles. The lowest BCUT2D eigenvalue weighted by molar-refractivity contribution is 0.0342. The van der Waals surface area contributed by atoms with E-state index < -0.39 is 5.91 Å². The molecule has 0 unspecified atom stereocenters. The Morgan fingerprint density at radius 2 is 1.46 bits per heavy atom. The number of carbonyl (C=O) groups is 1. The Labute approximate surface area is 156 Å². The summed E-state index contributed by atoms with van der Waals surface area (Å²) in [5.41, 5.74) is 8.83. The Morgan fingerprint density at radius 1 is 0.962 bits per heavy atom. The second-order valence-corrected chi connectivity index (χ2v) is 5.78. The summed E-state index contributed by atoms with van der Waals surface area (Å²) in [6.45, 7) is 8.56. The summed E-state index contributed by atoms with van der Waals surface area (Å²) in [5, 5.41) is 0. The van der Waals surface area contributed by atoms with Crippen molar-refractivity contribution in [2.75, 3.05) is 26.3 Å². The van der Waals surface area contributed by atoms with Crippen molar-refractivity contribution in [2.45, 2.75) is 20.4 Å². The van der Waals surface area contributed by atoms with E-state index >= 15 is 0 Å². The van der Waals surface area contributed by atoms with Crippen molar-refractivity contribution in [3.63, 3.8) is 0 Å². The fourth-order valence-corrected chi connectivity index (χ4v) is 2.57. The third-order valence-electron chi connectivity index (χ3n) is 3.98. The number of hydrogen-bond donors (Lipinski definition) is 1. The van der Waals surface area contributed by atoms with Crippen molar-refractivity contribution in [1.82, 2.24) is 4.90 Å². The molecule has 1 saturated heterocycles. The highest BCUT2D eigenvalue weighted by molar-refractivity contribution is 5.92. The number of carbonyl (C=O) groups excluding carboxylic acids is 1. The number of amides is 1. The lowest BCUT2D eigenvalue weighted by Gasteiger charge is -2.26. The lowest BCUT2D eigenvalue weighted by Crippen LogP contribution is -2.35. The van der Waals surface area contributed by atoms with Crippen LogP contribution < -0.4 is 5.73 Å². The standard InChI is InChI=1S/C20H20N2O2.C2H6/c21-20(23)19-9-7-17(8-10-19)2-1-16-3-5-18(6-4-16)15-22-11-13-24-14-12-22;1-2/h3-10H,11-15H2,(H2,21,23);1-2H3. The Bertz CT molecular complexity index is 749. The maximum Gasteiger partial charge on any atom is 0.248 e. The van der Waals surface area contributed by atoms with Crippen molar-refractivity contribution in [1.29, 1.82) is 0 Å². The number of rotatable bonds is 3. The van der Waals surface area contributed by atoms with E-state index in [0.717, 1.165) is 44.0 Å². The molecule has 2 aromatic carbocycles. The topological polar surface area (TPSA) is 55.6 Å². The van der Waals surface area contributed by atoms with E-state index in [0.29, 0.717) is 5.56 Å². The predicted molar refractivity (Wildman–Crippen MR) is 105 cm³/mol. The molecule has 2 aromatic rings. The molecule has 1 aliphatic rings. The van der Waals surface area contributed by atoms with Crippen LogP contribution in [0, 0.1) is 11.8 Å². The number of morpholine rings is 1. The van der Waals surface area contributed by atoms with Gasteiger partial charge in [-0.05, 0) is 42.0 Å². The third kappa shape index (κ3) is 6.03. The number of benzene rings is 2. The molecular formula is C22H26N2O2. The highest BCUT2D eigenvalue weighted by Gasteiger charge is 2.10. The van der Waals surface area contributed by atoms with Crippen molar-refractivity contribution < 1.29 is 9.53 Å². The Balaban J connectivity index is 0.00000117. The molecule has 0 aliphatic carbocycles. The SMILES string of the molecule is CC.NC(=O)c1ccc(C#Cc2ccc(CN3CCOCC3)cc2)cc1. The van der Waals surface area contributed by atoms with Crippen LogP contribution in [0.4, 0.5) is 0 Å². The Hall–Kier alpha value is -2.61. The molecular weight excluding hydrogens is 324 g/mol. The third-order valence-corrected chi connectivity index (χ3v) is 3.98. The van der Waals surface area contributed by atoms with Gasteiger partial charge in [-0.3, -0.25) is 9.69 Å². The second-order valence-electron chi connectivity index (χ2n) is 5.78. The fourth-order valence-electron chi connectivity index (χ4n) is 2.57. The first-order chi connectivity index (χ1) is 12.7. The molecule has 136 valence electrons. The summed E-state index contributed by atoms with van der Waals surface area (Å²) in [6.07, 6.45) is 0. The van der Waals surface area contributed by atoms with E-state index in [-0.39, 0.29) is 0 Å². The minimum absolute atomic E-state index is 0.426. The van der Waals surface area contributed by atoms with Gasteiger partial charge in [0.15, 0.2) is 0 Å². The summed E-state index contributed by atoms with van der Waals surface area (Å²) in [7, 11) is 0. The molecule has 0 atom stereocenters. The normalized spacial score (nSPS) is 13.8. The summed E-state index contributed by atoms with van der Waals surface area (Å²) >= 11 is 0. The van der Waals surface area contributed by atoms with Gasteiger partial charge in [0, 0.05) is 36.3 Å². The van der Waals surface area contributed by atoms with Crippen LogP contribution in [0.5, 0.6) is 0 Å². The van der Waals surface area contributed by atoms with E-state index in [4.69, 9.17) is 10.5 Å². The van der Waals surface area contributed by atoms with Crippen LogP contribution in [-0.2, 0) is 11.3 Å². The van der Waals surface area contributed by atoms with E-state index in [1.54, 1.807) is 24.3 Å². The van der Waals surface area contributed by atoms with Gasteiger partial charge < -0.3 is 10.5 Å². The minimum Gasteiger partial charge on any atom is -0.379 e. The monoisotopic (exact) mass is 350 g/mol. The predicted octanol–water partition coefficient (Wildman–Crippen LogP) is 3.04. The van der Waals surface area contributed by atoms with Gasteiger partial charge in [-0.2, -0.15) is 0 Å². The molecule has 0 spiro atoms. The number of hydrogen-bond acceptors (Lipinski definition) is 3. The number of primary amides is 1. The largest absolute Gasteiger partial charge is 0.379 e. The number of ether oxygens (including phenoxy) is 1. The van der Waals surface area contributed by atoms with Crippen molar-refractivity contribution >= 4 is 5.91 Å². The van der Waals surface area contributed by atoms with Crippen LogP contribution >= 0.6 is 0 Å². The number of nitrogens with two attached hydrogens (primary N) is 1. The molecule has 3 rings (SSSR count). The first kappa shape index (κ1) is 19.7.